The summed E-state index contributed by atoms with van der Waals surface area (Å²) in [5, 5.41) is 5.88. The zero-order valence-corrected chi connectivity index (χ0v) is 19.5. The van der Waals surface area contributed by atoms with Gasteiger partial charge in [-0.3, -0.25) is 14.9 Å². The summed E-state index contributed by atoms with van der Waals surface area (Å²) in [6, 6.07) is 14.3. The number of hydrogen-bond acceptors (Lipinski definition) is 4. The van der Waals surface area contributed by atoms with Crippen LogP contribution in [0.1, 0.15) is 60.2 Å². The van der Waals surface area contributed by atoms with E-state index in [1.165, 1.54) is 12.8 Å². The Morgan fingerprint density at radius 3 is 2.31 bits per heavy atom. The van der Waals surface area contributed by atoms with Crippen molar-refractivity contribution in [1.82, 2.24) is 10.2 Å². The molecule has 2 N–H and O–H groups in total. The third-order valence-corrected chi connectivity index (χ3v) is 5.42. The second-order valence-corrected chi connectivity index (χ2v) is 8.80. The minimum atomic E-state index is -0.338. The van der Waals surface area contributed by atoms with E-state index in [0.29, 0.717) is 35.1 Å². The summed E-state index contributed by atoms with van der Waals surface area (Å²) in [5.41, 5.74) is 1.78. The van der Waals surface area contributed by atoms with Crippen LogP contribution in [0.3, 0.4) is 0 Å². The van der Waals surface area contributed by atoms with Crippen LogP contribution in [0.2, 0.25) is 0 Å². The van der Waals surface area contributed by atoms with Gasteiger partial charge in [0, 0.05) is 24.3 Å². The summed E-state index contributed by atoms with van der Waals surface area (Å²) < 4.78 is 5.75. The third-order valence-electron chi connectivity index (χ3n) is 5.21. The van der Waals surface area contributed by atoms with Gasteiger partial charge in [0.15, 0.2) is 5.11 Å². The molecule has 2 aromatic carbocycles. The third kappa shape index (κ3) is 6.79. The molecule has 0 atom stereocenters. The molecule has 3 rings (SSSR count). The molecule has 1 aliphatic heterocycles. The number of rotatable bonds is 6. The van der Waals surface area contributed by atoms with Gasteiger partial charge in [-0.2, -0.15) is 0 Å². The Morgan fingerprint density at radius 1 is 1.00 bits per heavy atom. The van der Waals surface area contributed by atoms with Crippen molar-refractivity contribution in [2.24, 2.45) is 5.92 Å². The Morgan fingerprint density at radius 2 is 1.66 bits per heavy atom. The number of hydrogen-bond donors (Lipinski definition) is 2. The largest absolute Gasteiger partial charge is 0.492 e. The summed E-state index contributed by atoms with van der Waals surface area (Å²) in [6.45, 7) is 6.26. The Labute approximate surface area is 195 Å². The maximum Gasteiger partial charge on any atom is 0.261 e. The van der Waals surface area contributed by atoms with E-state index in [9.17, 15) is 9.59 Å². The highest BCUT2D eigenvalue weighted by atomic mass is 32.1. The van der Waals surface area contributed by atoms with E-state index in [1.54, 1.807) is 42.5 Å². The van der Waals surface area contributed by atoms with Crippen LogP contribution in [0.15, 0.2) is 48.5 Å². The molecule has 0 spiro atoms. The van der Waals surface area contributed by atoms with Gasteiger partial charge in [0.1, 0.15) is 5.75 Å². The van der Waals surface area contributed by atoms with Gasteiger partial charge >= 0.3 is 0 Å². The van der Waals surface area contributed by atoms with Gasteiger partial charge < -0.3 is 15.0 Å². The second-order valence-electron chi connectivity index (χ2n) is 8.39. The van der Waals surface area contributed by atoms with Crippen molar-refractivity contribution < 1.29 is 14.3 Å². The maximum atomic E-state index is 12.7. The fourth-order valence-corrected chi connectivity index (χ4v) is 3.73. The van der Waals surface area contributed by atoms with Crippen molar-refractivity contribution in [2.45, 2.75) is 39.5 Å². The number of carbonyl (C=O) groups is 2. The van der Waals surface area contributed by atoms with Crippen LogP contribution in [0.25, 0.3) is 0 Å². The van der Waals surface area contributed by atoms with Crippen LogP contribution >= 0.6 is 12.2 Å². The van der Waals surface area contributed by atoms with Gasteiger partial charge in [0.2, 0.25) is 0 Å². The number of carbonyl (C=O) groups excluding carboxylic acids is 2. The van der Waals surface area contributed by atoms with Crippen LogP contribution in [0, 0.1) is 5.92 Å². The van der Waals surface area contributed by atoms with Gasteiger partial charge in [0.25, 0.3) is 11.8 Å². The fourth-order valence-electron chi connectivity index (χ4n) is 3.52. The van der Waals surface area contributed by atoms with Crippen molar-refractivity contribution in [3.05, 3.63) is 59.7 Å². The summed E-state index contributed by atoms with van der Waals surface area (Å²) in [5.74, 6) is 0.600. The standard InChI is InChI=1S/C25H31N3O3S/c1-18(2)17-31-22-10-6-5-9-21(22)23(29)27-25(32)26-20-13-11-19(12-14-20)24(30)28-15-7-3-4-8-16-28/h5-6,9-14,18H,3-4,7-8,15-17H2,1-2H3,(H2,26,27,29,32). The highest BCUT2D eigenvalue weighted by Crippen LogP contribution is 2.19. The molecular weight excluding hydrogens is 422 g/mol. The smallest absolute Gasteiger partial charge is 0.261 e. The first kappa shape index (κ1) is 23.7. The summed E-state index contributed by atoms with van der Waals surface area (Å²) >= 11 is 5.30. The normalized spacial score (nSPS) is 13.9. The Kier molecular flexibility index (Phi) is 8.62. The predicted molar refractivity (Wildman–Crippen MR) is 131 cm³/mol. The lowest BCUT2D eigenvalue weighted by atomic mass is 10.1. The minimum absolute atomic E-state index is 0.0623. The number of amides is 2. The van der Waals surface area contributed by atoms with Crippen LogP contribution in [-0.2, 0) is 0 Å². The first-order chi connectivity index (χ1) is 15.4. The molecule has 1 fully saturated rings. The maximum absolute atomic E-state index is 12.7. The molecule has 0 aromatic heterocycles. The first-order valence-electron chi connectivity index (χ1n) is 11.2. The number of likely N-dealkylation sites (tertiary alicyclic amines) is 1. The fraction of sp³-hybridized carbons (Fsp3) is 0.400. The number of anilines is 1. The summed E-state index contributed by atoms with van der Waals surface area (Å²) in [7, 11) is 0. The van der Waals surface area contributed by atoms with Gasteiger partial charge in [-0.05, 0) is 67.4 Å². The SMILES string of the molecule is CC(C)COc1ccccc1C(=O)NC(=S)Nc1ccc(C(=O)N2CCCCCC2)cc1. The number of thiocarbonyl (C=S) groups is 1. The lowest BCUT2D eigenvalue weighted by molar-refractivity contribution is 0.0761. The van der Waals surface area contributed by atoms with E-state index in [4.69, 9.17) is 17.0 Å². The Hall–Kier alpha value is -2.93. The molecule has 0 unspecified atom stereocenters. The van der Waals surface area contributed by atoms with Crippen molar-refractivity contribution in [3.63, 3.8) is 0 Å². The van der Waals surface area contributed by atoms with E-state index in [1.807, 2.05) is 11.0 Å². The zero-order valence-electron chi connectivity index (χ0n) is 18.7. The van der Waals surface area contributed by atoms with Crippen LogP contribution < -0.4 is 15.4 Å². The summed E-state index contributed by atoms with van der Waals surface area (Å²) in [4.78, 5) is 27.3. The van der Waals surface area contributed by atoms with Gasteiger partial charge in [-0.15, -0.1) is 0 Å². The van der Waals surface area contributed by atoms with E-state index in [2.05, 4.69) is 24.5 Å². The molecule has 1 saturated heterocycles. The van der Waals surface area contributed by atoms with E-state index >= 15 is 0 Å². The number of para-hydroxylation sites is 1. The molecule has 7 heteroatoms. The number of nitrogens with one attached hydrogen (secondary N) is 2. The quantitative estimate of drug-likeness (QED) is 0.611. The molecule has 1 aliphatic rings. The van der Waals surface area contributed by atoms with Crippen molar-refractivity contribution in [1.29, 1.82) is 0 Å². The molecule has 32 heavy (non-hydrogen) atoms. The number of ether oxygens (including phenoxy) is 1. The lowest BCUT2D eigenvalue weighted by Gasteiger charge is -2.20. The predicted octanol–water partition coefficient (Wildman–Crippen LogP) is 4.86. The molecule has 0 bridgehead atoms. The highest BCUT2D eigenvalue weighted by molar-refractivity contribution is 7.80. The number of nitrogens with zero attached hydrogens (tertiary/aromatic N) is 1. The highest BCUT2D eigenvalue weighted by Gasteiger charge is 2.17. The first-order valence-corrected chi connectivity index (χ1v) is 11.6. The molecule has 2 aromatic rings. The topological polar surface area (TPSA) is 70.7 Å². The van der Waals surface area contributed by atoms with E-state index in [-0.39, 0.29) is 16.9 Å². The zero-order chi connectivity index (χ0) is 22.9. The van der Waals surface area contributed by atoms with Gasteiger partial charge in [-0.25, -0.2) is 0 Å². The molecule has 170 valence electrons. The van der Waals surface area contributed by atoms with E-state index < -0.39 is 0 Å². The van der Waals surface area contributed by atoms with Gasteiger partial charge in [0.05, 0.1) is 12.2 Å². The van der Waals surface area contributed by atoms with Crippen molar-refractivity contribution >= 4 is 34.8 Å². The summed E-state index contributed by atoms with van der Waals surface area (Å²) in [6.07, 6.45) is 4.49. The minimum Gasteiger partial charge on any atom is -0.492 e. The van der Waals surface area contributed by atoms with Crippen LogP contribution in [0.4, 0.5) is 5.69 Å². The van der Waals surface area contributed by atoms with Crippen LogP contribution in [0.5, 0.6) is 5.75 Å². The lowest BCUT2D eigenvalue weighted by Crippen LogP contribution is -2.34. The molecule has 1 heterocycles. The molecule has 0 aliphatic carbocycles. The molecule has 6 nitrogen and oxygen atoms in total. The molecule has 2 amide bonds. The van der Waals surface area contributed by atoms with Crippen molar-refractivity contribution in [2.75, 3.05) is 25.0 Å². The average Bonchev–Trinajstić information content (AvgIpc) is 3.07. The molecule has 0 radical (unpaired) electrons. The Balaban J connectivity index is 1.57. The van der Waals surface area contributed by atoms with Gasteiger partial charge in [-0.1, -0.05) is 38.8 Å². The number of benzene rings is 2. The van der Waals surface area contributed by atoms with Crippen molar-refractivity contribution in [3.8, 4) is 5.75 Å². The average molecular weight is 454 g/mol. The Bertz CT molecular complexity index is 936. The monoisotopic (exact) mass is 453 g/mol. The second kappa shape index (κ2) is 11.6. The van der Waals surface area contributed by atoms with Crippen LogP contribution in [-0.4, -0.2) is 41.5 Å². The van der Waals surface area contributed by atoms with E-state index in [0.717, 1.165) is 25.9 Å². The molecular formula is C25H31N3O3S. The molecule has 0 saturated carbocycles.